The molecule has 12 rings (SSSR count). The highest BCUT2D eigenvalue weighted by Gasteiger charge is 2.36. The van der Waals surface area contributed by atoms with Crippen LogP contribution in [0.3, 0.4) is 0 Å². The van der Waals surface area contributed by atoms with E-state index < -0.39 is 0 Å². The fraction of sp³-hybridized carbons (Fsp3) is 0.0476. The lowest BCUT2D eigenvalue weighted by atomic mass is 9.82. The maximum atomic E-state index is 2.50. The topological polar surface area (TPSA) is 8.17 Å². The summed E-state index contributed by atoms with van der Waals surface area (Å²) in [6.45, 7) is 4.71. The SMILES string of the molecule is CC1(C)c2ccccc2-c2cc(N(c3cccc(-c4ccc5c(c4)c4ccccc4n5-c4ccccc4)c3)c3cccc(-c4ccccc4)c3-c3ccccc3-c3ccccc3)ccc21. The lowest BCUT2D eigenvalue weighted by Gasteiger charge is -2.31. The lowest BCUT2D eigenvalue weighted by molar-refractivity contribution is 0.660. The molecule has 0 amide bonds. The van der Waals surface area contributed by atoms with Gasteiger partial charge in [-0.1, -0.05) is 196 Å². The van der Waals surface area contributed by atoms with Crippen molar-refractivity contribution in [2.24, 2.45) is 0 Å². The van der Waals surface area contributed by atoms with E-state index in [0.29, 0.717) is 0 Å². The van der Waals surface area contributed by atoms with E-state index in [1.165, 1.54) is 83.0 Å². The molecule has 0 aliphatic heterocycles. The van der Waals surface area contributed by atoms with E-state index in [-0.39, 0.29) is 5.41 Å². The second-order valence-electron chi connectivity index (χ2n) is 17.7. The van der Waals surface area contributed by atoms with Gasteiger partial charge in [-0.25, -0.2) is 0 Å². The molecule has 0 N–H and O–H groups in total. The number of benzene rings is 10. The van der Waals surface area contributed by atoms with E-state index in [4.69, 9.17) is 0 Å². The van der Waals surface area contributed by atoms with Gasteiger partial charge in [0.25, 0.3) is 0 Å². The van der Waals surface area contributed by atoms with Crippen LogP contribution in [0.2, 0.25) is 0 Å². The molecule has 1 aliphatic carbocycles. The van der Waals surface area contributed by atoms with Gasteiger partial charge in [0.15, 0.2) is 0 Å². The van der Waals surface area contributed by atoms with Crippen LogP contribution in [0.15, 0.2) is 243 Å². The van der Waals surface area contributed by atoms with Gasteiger partial charge in [0, 0.05) is 38.8 Å². The Morgan fingerprint density at radius 3 is 1.68 bits per heavy atom. The third-order valence-electron chi connectivity index (χ3n) is 13.6. The first kappa shape index (κ1) is 38.5. The monoisotopic (exact) mass is 830 g/mol. The van der Waals surface area contributed by atoms with Gasteiger partial charge in [-0.15, -0.1) is 0 Å². The van der Waals surface area contributed by atoms with E-state index in [2.05, 4.69) is 266 Å². The molecule has 11 aromatic rings. The summed E-state index contributed by atoms with van der Waals surface area (Å²) in [6.07, 6.45) is 0. The fourth-order valence-corrected chi connectivity index (χ4v) is 10.5. The van der Waals surface area contributed by atoms with Crippen molar-refractivity contribution in [1.29, 1.82) is 0 Å². The molecule has 1 aliphatic rings. The van der Waals surface area contributed by atoms with Crippen molar-refractivity contribution in [1.82, 2.24) is 4.57 Å². The second kappa shape index (κ2) is 15.6. The summed E-state index contributed by atoms with van der Waals surface area (Å²) in [5.74, 6) is 0. The third-order valence-corrected chi connectivity index (χ3v) is 13.6. The quantitative estimate of drug-likeness (QED) is 0.148. The molecule has 2 heteroatoms. The minimum atomic E-state index is -0.107. The Labute approximate surface area is 381 Å². The predicted molar refractivity (Wildman–Crippen MR) is 275 cm³/mol. The molecule has 0 saturated carbocycles. The second-order valence-corrected chi connectivity index (χ2v) is 17.7. The number of aromatic nitrogens is 1. The van der Waals surface area contributed by atoms with Crippen LogP contribution in [0.25, 0.3) is 83.1 Å². The van der Waals surface area contributed by atoms with E-state index in [1.54, 1.807) is 0 Å². The zero-order chi connectivity index (χ0) is 43.5. The van der Waals surface area contributed by atoms with Crippen LogP contribution < -0.4 is 4.90 Å². The van der Waals surface area contributed by atoms with Crippen LogP contribution in [0.4, 0.5) is 17.1 Å². The molecule has 1 aromatic heterocycles. The van der Waals surface area contributed by atoms with Gasteiger partial charge < -0.3 is 9.47 Å². The van der Waals surface area contributed by atoms with Crippen LogP contribution in [-0.2, 0) is 5.41 Å². The van der Waals surface area contributed by atoms with Crippen molar-refractivity contribution in [3.05, 3.63) is 254 Å². The average molecular weight is 831 g/mol. The molecule has 65 heavy (non-hydrogen) atoms. The first-order valence-electron chi connectivity index (χ1n) is 22.6. The predicted octanol–water partition coefficient (Wildman–Crippen LogP) is 17.2. The van der Waals surface area contributed by atoms with Crippen LogP contribution in [0.1, 0.15) is 25.0 Å². The van der Waals surface area contributed by atoms with Gasteiger partial charge in [0.2, 0.25) is 0 Å². The molecule has 308 valence electrons. The van der Waals surface area contributed by atoms with E-state index >= 15 is 0 Å². The molecule has 0 bridgehead atoms. The van der Waals surface area contributed by atoms with Crippen molar-refractivity contribution < 1.29 is 0 Å². The number of anilines is 3. The lowest BCUT2D eigenvalue weighted by Crippen LogP contribution is -2.15. The van der Waals surface area contributed by atoms with Gasteiger partial charge in [-0.2, -0.15) is 0 Å². The minimum absolute atomic E-state index is 0.107. The van der Waals surface area contributed by atoms with Crippen LogP contribution in [-0.4, -0.2) is 4.57 Å². The summed E-state index contributed by atoms with van der Waals surface area (Å²) >= 11 is 0. The van der Waals surface area contributed by atoms with E-state index in [1.807, 2.05) is 0 Å². The van der Waals surface area contributed by atoms with Crippen molar-refractivity contribution in [3.8, 4) is 61.3 Å². The van der Waals surface area contributed by atoms with Crippen LogP contribution in [0.5, 0.6) is 0 Å². The Balaban J connectivity index is 1.11. The molecule has 0 spiro atoms. The highest BCUT2D eigenvalue weighted by molar-refractivity contribution is 6.10. The molecule has 10 aromatic carbocycles. The summed E-state index contributed by atoms with van der Waals surface area (Å²) < 4.78 is 2.38. The van der Waals surface area contributed by atoms with E-state index in [0.717, 1.165) is 28.3 Å². The Morgan fingerprint density at radius 1 is 0.338 bits per heavy atom. The normalized spacial score (nSPS) is 12.6. The van der Waals surface area contributed by atoms with Gasteiger partial charge in [0.05, 0.1) is 16.7 Å². The number of hydrogen-bond donors (Lipinski definition) is 0. The first-order valence-corrected chi connectivity index (χ1v) is 22.6. The molecule has 1 heterocycles. The fourth-order valence-electron chi connectivity index (χ4n) is 10.5. The standard InChI is InChI=1S/C63H46N2/c1-63(2)57-33-16-14-29-52(57)55-42-49(37-38-58(55)63)64(61-35-19-32-51(44-22-8-4-9-23-44)62(61)54-31-13-12-28-50(54)43-20-6-3-7-21-43)48-27-18-24-45(40-48)46-36-39-60-56(41-46)53-30-15-17-34-59(53)65(60)47-25-10-5-11-26-47/h3-42H,1-2H3. The third kappa shape index (κ3) is 6.40. The Bertz CT molecular complexity index is 3560. The highest BCUT2D eigenvalue weighted by atomic mass is 15.1. The summed E-state index contributed by atoms with van der Waals surface area (Å²) in [6, 6.07) is 89.0. The Kier molecular flexibility index (Phi) is 9.21. The summed E-state index contributed by atoms with van der Waals surface area (Å²) in [5, 5.41) is 2.48. The van der Waals surface area contributed by atoms with Crippen molar-refractivity contribution in [2.45, 2.75) is 19.3 Å². The zero-order valence-corrected chi connectivity index (χ0v) is 36.5. The largest absolute Gasteiger partial charge is 0.310 e. The van der Waals surface area contributed by atoms with Gasteiger partial charge in [-0.05, 0) is 122 Å². The van der Waals surface area contributed by atoms with Crippen LogP contribution in [0, 0.1) is 0 Å². The zero-order valence-electron chi connectivity index (χ0n) is 36.5. The van der Waals surface area contributed by atoms with Crippen molar-refractivity contribution in [2.75, 3.05) is 4.90 Å². The molecular weight excluding hydrogens is 785 g/mol. The molecule has 0 fully saturated rings. The number of hydrogen-bond acceptors (Lipinski definition) is 1. The number of para-hydroxylation sites is 2. The van der Waals surface area contributed by atoms with Gasteiger partial charge in [0.1, 0.15) is 0 Å². The summed E-state index contributed by atoms with van der Waals surface area (Å²) in [4.78, 5) is 2.50. The molecule has 0 radical (unpaired) electrons. The summed E-state index contributed by atoms with van der Waals surface area (Å²) in [5.41, 5.74) is 21.5. The molecule has 0 atom stereocenters. The smallest absolute Gasteiger partial charge is 0.0546 e. The Morgan fingerprint density at radius 2 is 0.892 bits per heavy atom. The maximum Gasteiger partial charge on any atom is 0.0546 e. The number of nitrogens with zero attached hydrogens (tertiary/aromatic N) is 2. The number of rotatable bonds is 8. The minimum Gasteiger partial charge on any atom is -0.310 e. The van der Waals surface area contributed by atoms with E-state index in [9.17, 15) is 0 Å². The average Bonchev–Trinajstić information content (AvgIpc) is 3.82. The molecular formula is C63H46N2. The van der Waals surface area contributed by atoms with Crippen molar-refractivity contribution >= 4 is 38.9 Å². The Hall–Kier alpha value is -8.20. The maximum absolute atomic E-state index is 2.50. The molecule has 0 unspecified atom stereocenters. The highest BCUT2D eigenvalue weighted by Crippen LogP contribution is 2.53. The summed E-state index contributed by atoms with van der Waals surface area (Å²) in [7, 11) is 0. The molecule has 0 saturated heterocycles. The first-order chi connectivity index (χ1) is 32.0. The molecule has 2 nitrogen and oxygen atoms in total. The van der Waals surface area contributed by atoms with Crippen LogP contribution >= 0.6 is 0 Å². The van der Waals surface area contributed by atoms with Gasteiger partial charge >= 0.3 is 0 Å². The van der Waals surface area contributed by atoms with Gasteiger partial charge in [-0.3, -0.25) is 0 Å². The van der Waals surface area contributed by atoms with Crippen molar-refractivity contribution in [3.63, 3.8) is 0 Å². The number of fused-ring (bicyclic) bond motifs is 6.